The second-order valence-electron chi connectivity index (χ2n) is 7.08. The Hall–Kier alpha value is -1.56. The Bertz CT molecular complexity index is 693. The predicted molar refractivity (Wildman–Crippen MR) is 107 cm³/mol. The average Bonchev–Trinajstić information content (AvgIpc) is 3.23. The topological polar surface area (TPSA) is 50.2 Å². The quantitative estimate of drug-likeness (QED) is 0.863. The fraction of sp³-hybridized carbons (Fsp3) is 0.474. The molecule has 0 spiro atoms. The summed E-state index contributed by atoms with van der Waals surface area (Å²) in [7, 11) is 1.95. The minimum absolute atomic E-state index is 0. The van der Waals surface area contributed by atoms with E-state index in [4.69, 9.17) is 0 Å². The summed E-state index contributed by atoms with van der Waals surface area (Å²) in [6.45, 7) is 0.731. The lowest BCUT2D eigenvalue weighted by Crippen LogP contribution is -2.48. The maximum absolute atomic E-state index is 12.8. The third-order valence-corrected chi connectivity index (χ3v) is 5.42. The molecule has 2 aliphatic rings. The minimum atomic E-state index is 0. The Morgan fingerprint density at radius 1 is 1.19 bits per heavy atom. The highest BCUT2D eigenvalue weighted by Gasteiger charge is 2.36. The highest BCUT2D eigenvalue weighted by atomic mass is 35.5. The van der Waals surface area contributed by atoms with E-state index in [0.717, 1.165) is 30.5 Å². The van der Waals surface area contributed by atoms with Crippen molar-refractivity contribution in [1.82, 2.24) is 20.0 Å². The van der Waals surface area contributed by atoms with E-state index in [1.54, 1.807) is 6.20 Å². The fourth-order valence-corrected chi connectivity index (χ4v) is 4.05. The van der Waals surface area contributed by atoms with Crippen molar-refractivity contribution in [3.8, 4) is 0 Å². The first-order valence-electron chi connectivity index (χ1n) is 8.78. The summed E-state index contributed by atoms with van der Waals surface area (Å²) >= 11 is 0. The number of nitrogens with zero attached hydrogens (tertiary/aromatic N) is 3. The van der Waals surface area contributed by atoms with Gasteiger partial charge in [-0.1, -0.05) is 12.1 Å². The molecule has 2 bridgehead atoms. The normalized spacial score (nSPS) is 23.7. The number of carbonyl (C=O) groups excluding carboxylic acids is 1. The minimum Gasteiger partial charge on any atom is -0.339 e. The van der Waals surface area contributed by atoms with Crippen LogP contribution >= 0.6 is 24.8 Å². The summed E-state index contributed by atoms with van der Waals surface area (Å²) in [5, 5.41) is 7.85. The summed E-state index contributed by atoms with van der Waals surface area (Å²) in [6, 6.07) is 11.4. The van der Waals surface area contributed by atoms with Gasteiger partial charge in [-0.15, -0.1) is 24.8 Å². The molecular formula is C19H26Cl2N4O. The predicted octanol–water partition coefficient (Wildman–Crippen LogP) is 3.13. The summed E-state index contributed by atoms with van der Waals surface area (Å²) in [6.07, 6.45) is 8.39. The molecule has 3 heterocycles. The van der Waals surface area contributed by atoms with E-state index in [1.165, 1.54) is 12.8 Å². The molecule has 2 aliphatic heterocycles. The molecular weight excluding hydrogens is 371 g/mol. The van der Waals surface area contributed by atoms with Crippen LogP contribution < -0.4 is 5.32 Å². The van der Waals surface area contributed by atoms with Crippen molar-refractivity contribution in [1.29, 1.82) is 0 Å². The van der Waals surface area contributed by atoms with Crippen LogP contribution in [0.2, 0.25) is 0 Å². The van der Waals surface area contributed by atoms with Crippen LogP contribution in [-0.4, -0.2) is 45.8 Å². The zero-order valence-corrected chi connectivity index (χ0v) is 16.5. The van der Waals surface area contributed by atoms with Gasteiger partial charge in [-0.25, -0.2) is 0 Å². The van der Waals surface area contributed by atoms with Crippen molar-refractivity contribution in [2.75, 3.05) is 7.05 Å². The molecule has 2 atom stereocenters. The first-order chi connectivity index (χ1) is 11.7. The smallest absolute Gasteiger partial charge is 0.253 e. The Labute approximate surface area is 167 Å². The van der Waals surface area contributed by atoms with Crippen LogP contribution in [0.15, 0.2) is 42.7 Å². The van der Waals surface area contributed by atoms with Gasteiger partial charge in [-0.05, 0) is 49.4 Å². The van der Waals surface area contributed by atoms with Gasteiger partial charge < -0.3 is 10.2 Å². The van der Waals surface area contributed by atoms with Crippen molar-refractivity contribution in [2.45, 2.75) is 50.4 Å². The molecule has 2 unspecified atom stereocenters. The van der Waals surface area contributed by atoms with Gasteiger partial charge in [0.15, 0.2) is 0 Å². The molecule has 1 N–H and O–H groups in total. The van der Waals surface area contributed by atoms with Gasteiger partial charge in [-0.2, -0.15) is 5.10 Å². The molecule has 2 saturated heterocycles. The van der Waals surface area contributed by atoms with Gasteiger partial charge in [0.2, 0.25) is 0 Å². The maximum atomic E-state index is 12.8. The van der Waals surface area contributed by atoms with Crippen LogP contribution in [0.3, 0.4) is 0 Å². The Kier molecular flexibility index (Phi) is 7.09. The number of piperidine rings is 1. The molecule has 1 aromatic carbocycles. The van der Waals surface area contributed by atoms with Gasteiger partial charge in [0.05, 0.1) is 6.54 Å². The number of fused-ring (bicyclic) bond motifs is 2. The third-order valence-electron chi connectivity index (χ3n) is 5.42. The van der Waals surface area contributed by atoms with E-state index in [2.05, 4.69) is 10.4 Å². The van der Waals surface area contributed by atoms with Crippen LogP contribution in [0.1, 0.15) is 41.6 Å². The number of rotatable bonds is 4. The van der Waals surface area contributed by atoms with Gasteiger partial charge in [-0.3, -0.25) is 9.48 Å². The van der Waals surface area contributed by atoms with Crippen LogP contribution in [-0.2, 0) is 6.54 Å². The van der Waals surface area contributed by atoms with Gasteiger partial charge in [0, 0.05) is 43.1 Å². The van der Waals surface area contributed by atoms with Crippen molar-refractivity contribution < 1.29 is 4.79 Å². The number of carbonyl (C=O) groups is 1. The molecule has 0 radical (unpaired) electrons. The maximum Gasteiger partial charge on any atom is 0.253 e. The molecule has 7 heteroatoms. The first kappa shape index (κ1) is 20.7. The molecule has 0 aliphatic carbocycles. The largest absolute Gasteiger partial charge is 0.339 e. The Morgan fingerprint density at radius 3 is 2.42 bits per heavy atom. The molecule has 2 fully saturated rings. The monoisotopic (exact) mass is 396 g/mol. The van der Waals surface area contributed by atoms with Crippen molar-refractivity contribution >= 4 is 30.7 Å². The highest BCUT2D eigenvalue weighted by Crippen LogP contribution is 2.29. The molecule has 26 heavy (non-hydrogen) atoms. The van der Waals surface area contributed by atoms with E-state index < -0.39 is 0 Å². The fourth-order valence-electron chi connectivity index (χ4n) is 4.05. The molecule has 142 valence electrons. The van der Waals surface area contributed by atoms with Crippen LogP contribution in [0.4, 0.5) is 0 Å². The Balaban J connectivity index is 0.00000121. The van der Waals surface area contributed by atoms with E-state index in [9.17, 15) is 4.79 Å². The van der Waals surface area contributed by atoms with Crippen LogP contribution in [0.5, 0.6) is 0 Å². The lowest BCUT2D eigenvalue weighted by Gasteiger charge is -2.35. The summed E-state index contributed by atoms with van der Waals surface area (Å²) in [5.41, 5.74) is 1.92. The number of nitrogens with one attached hydrogen (secondary N) is 1. The van der Waals surface area contributed by atoms with Crippen molar-refractivity contribution in [3.63, 3.8) is 0 Å². The van der Waals surface area contributed by atoms with Crippen LogP contribution in [0, 0.1) is 0 Å². The summed E-state index contributed by atoms with van der Waals surface area (Å²) in [5.74, 6) is 0.131. The number of amides is 1. The SMILES string of the molecule is CN(C(=O)c1ccc(Cn2cccn2)cc1)C1CC2CCC(C1)N2.Cl.Cl. The molecule has 4 rings (SSSR count). The number of halogens is 2. The summed E-state index contributed by atoms with van der Waals surface area (Å²) < 4.78 is 1.88. The first-order valence-corrected chi connectivity index (χ1v) is 8.78. The van der Waals surface area contributed by atoms with Gasteiger partial charge >= 0.3 is 0 Å². The number of hydrogen-bond acceptors (Lipinski definition) is 3. The third kappa shape index (κ3) is 4.40. The lowest BCUT2D eigenvalue weighted by atomic mass is 9.98. The standard InChI is InChI=1S/C19H24N4O.2ClH/c1-22(18-11-16-7-8-17(12-18)21-16)19(24)15-5-3-14(4-6-15)13-23-10-2-9-20-23;;/h2-6,9-10,16-18,21H,7-8,11-13H2,1H3;2*1H. The van der Waals surface area contributed by atoms with Crippen LogP contribution in [0.25, 0.3) is 0 Å². The zero-order chi connectivity index (χ0) is 16.5. The Morgan fingerprint density at radius 2 is 1.85 bits per heavy atom. The van der Waals surface area contributed by atoms with E-state index >= 15 is 0 Å². The zero-order valence-electron chi connectivity index (χ0n) is 14.9. The highest BCUT2D eigenvalue weighted by molar-refractivity contribution is 5.94. The average molecular weight is 397 g/mol. The molecule has 1 aromatic heterocycles. The van der Waals surface area contributed by atoms with E-state index in [0.29, 0.717) is 18.1 Å². The van der Waals surface area contributed by atoms with E-state index in [1.807, 2.05) is 53.2 Å². The van der Waals surface area contributed by atoms with Crippen molar-refractivity contribution in [3.05, 3.63) is 53.9 Å². The molecule has 5 nitrogen and oxygen atoms in total. The summed E-state index contributed by atoms with van der Waals surface area (Å²) in [4.78, 5) is 14.7. The number of benzene rings is 1. The molecule has 0 saturated carbocycles. The molecule has 1 amide bonds. The van der Waals surface area contributed by atoms with Gasteiger partial charge in [0.1, 0.15) is 0 Å². The molecule has 2 aromatic rings. The van der Waals surface area contributed by atoms with Crippen molar-refractivity contribution in [2.24, 2.45) is 0 Å². The second kappa shape index (κ2) is 8.89. The van der Waals surface area contributed by atoms with E-state index in [-0.39, 0.29) is 30.7 Å². The number of aromatic nitrogens is 2. The second-order valence-corrected chi connectivity index (χ2v) is 7.08. The lowest BCUT2D eigenvalue weighted by molar-refractivity contribution is 0.0681. The number of hydrogen-bond donors (Lipinski definition) is 1. The van der Waals surface area contributed by atoms with Gasteiger partial charge in [0.25, 0.3) is 5.91 Å².